The summed E-state index contributed by atoms with van der Waals surface area (Å²) < 4.78 is 11.5. The number of amides is 2. The van der Waals surface area contributed by atoms with Gasteiger partial charge < -0.3 is 30.9 Å². The van der Waals surface area contributed by atoms with Crippen LogP contribution in [0, 0.1) is 0 Å². The number of urea groups is 1. The van der Waals surface area contributed by atoms with Crippen molar-refractivity contribution in [1.82, 2.24) is 5.32 Å². The SMILES string of the molecule is C[C@@H](Cc1cccc(NC(N)=O)c1)NC[C@@H](O)c1ccc2c(c1)COC(C)(C)O2. The van der Waals surface area contributed by atoms with Crippen LogP contribution in [0.15, 0.2) is 42.5 Å². The number of rotatable bonds is 7. The van der Waals surface area contributed by atoms with Crippen LogP contribution in [0.2, 0.25) is 0 Å². The third-order valence-corrected chi connectivity index (χ3v) is 4.80. The average Bonchev–Trinajstić information content (AvgIpc) is 2.65. The number of fused-ring (bicyclic) bond motifs is 1. The Kier molecular flexibility index (Phi) is 6.42. The van der Waals surface area contributed by atoms with E-state index >= 15 is 0 Å². The van der Waals surface area contributed by atoms with E-state index in [-0.39, 0.29) is 6.04 Å². The molecule has 0 saturated heterocycles. The molecular formula is C22H29N3O4. The Bertz CT molecular complexity index is 869. The molecule has 0 bridgehead atoms. The van der Waals surface area contributed by atoms with E-state index in [0.29, 0.717) is 18.8 Å². The van der Waals surface area contributed by atoms with Gasteiger partial charge in [-0.05, 0) is 48.7 Å². The van der Waals surface area contributed by atoms with Gasteiger partial charge in [0, 0.05) is 37.7 Å². The fourth-order valence-corrected chi connectivity index (χ4v) is 3.34. The summed E-state index contributed by atoms with van der Waals surface area (Å²) in [7, 11) is 0. The summed E-state index contributed by atoms with van der Waals surface area (Å²) in [5.41, 5.74) is 8.66. The number of aliphatic hydroxyl groups excluding tert-OH is 1. The number of carbonyl (C=O) groups is 1. The van der Waals surface area contributed by atoms with E-state index in [1.807, 2.05) is 50.2 Å². The molecule has 2 atom stereocenters. The number of hydrogen-bond donors (Lipinski definition) is 4. The molecule has 0 unspecified atom stereocenters. The van der Waals surface area contributed by atoms with Crippen molar-refractivity contribution in [2.24, 2.45) is 5.73 Å². The highest BCUT2D eigenvalue weighted by Crippen LogP contribution is 2.32. The van der Waals surface area contributed by atoms with Gasteiger partial charge in [0.1, 0.15) is 5.75 Å². The minimum Gasteiger partial charge on any atom is -0.463 e. The zero-order valence-electron chi connectivity index (χ0n) is 17.1. The highest BCUT2D eigenvalue weighted by molar-refractivity contribution is 5.87. The molecule has 0 spiro atoms. The molecule has 5 N–H and O–H groups in total. The number of benzene rings is 2. The standard InChI is InChI=1S/C22H29N3O4/c1-14(9-15-5-4-6-18(10-15)25-21(23)27)24-12-19(26)16-7-8-20-17(11-16)13-28-22(2,3)29-20/h4-8,10-11,14,19,24,26H,9,12-13H2,1-3H3,(H3,23,25,27)/t14-,19+/m0/s1. The van der Waals surface area contributed by atoms with E-state index in [9.17, 15) is 9.90 Å². The van der Waals surface area contributed by atoms with Gasteiger partial charge in [-0.3, -0.25) is 0 Å². The third-order valence-electron chi connectivity index (χ3n) is 4.80. The van der Waals surface area contributed by atoms with Crippen LogP contribution in [-0.4, -0.2) is 29.5 Å². The molecule has 1 aliphatic rings. The smallest absolute Gasteiger partial charge is 0.316 e. The Morgan fingerprint density at radius 3 is 2.83 bits per heavy atom. The van der Waals surface area contributed by atoms with Crippen molar-refractivity contribution in [3.63, 3.8) is 0 Å². The first kappa shape index (κ1) is 21.1. The molecule has 0 aliphatic carbocycles. The van der Waals surface area contributed by atoms with Crippen LogP contribution in [0.5, 0.6) is 5.75 Å². The number of anilines is 1. The quantitative estimate of drug-likeness (QED) is 0.573. The lowest BCUT2D eigenvalue weighted by atomic mass is 10.0. The van der Waals surface area contributed by atoms with Gasteiger partial charge in [-0.1, -0.05) is 18.2 Å². The Morgan fingerprint density at radius 2 is 2.07 bits per heavy atom. The molecule has 7 heteroatoms. The summed E-state index contributed by atoms with van der Waals surface area (Å²) in [6.07, 6.45) is 0.114. The van der Waals surface area contributed by atoms with E-state index in [0.717, 1.165) is 28.9 Å². The van der Waals surface area contributed by atoms with Gasteiger partial charge in [-0.2, -0.15) is 0 Å². The molecule has 7 nitrogen and oxygen atoms in total. The Labute approximate surface area is 171 Å². The molecule has 0 radical (unpaired) electrons. The maximum Gasteiger partial charge on any atom is 0.316 e. The van der Waals surface area contributed by atoms with Crippen molar-refractivity contribution in [3.8, 4) is 5.75 Å². The molecule has 0 saturated carbocycles. The minimum absolute atomic E-state index is 0.138. The Morgan fingerprint density at radius 1 is 1.28 bits per heavy atom. The van der Waals surface area contributed by atoms with Crippen molar-refractivity contribution in [1.29, 1.82) is 0 Å². The molecular weight excluding hydrogens is 370 g/mol. The van der Waals surface area contributed by atoms with Crippen molar-refractivity contribution >= 4 is 11.7 Å². The predicted octanol–water partition coefficient (Wildman–Crippen LogP) is 3.08. The van der Waals surface area contributed by atoms with Crippen LogP contribution in [-0.2, 0) is 17.8 Å². The first-order valence-corrected chi connectivity index (χ1v) is 9.74. The number of aliphatic hydroxyl groups is 1. The largest absolute Gasteiger partial charge is 0.463 e. The molecule has 2 amide bonds. The molecule has 2 aromatic carbocycles. The van der Waals surface area contributed by atoms with Gasteiger partial charge >= 0.3 is 6.03 Å². The zero-order chi connectivity index (χ0) is 21.0. The first-order chi connectivity index (χ1) is 13.7. The summed E-state index contributed by atoms with van der Waals surface area (Å²) >= 11 is 0. The van der Waals surface area contributed by atoms with Crippen LogP contribution in [0.4, 0.5) is 10.5 Å². The molecule has 1 aliphatic heterocycles. The van der Waals surface area contributed by atoms with Gasteiger partial charge in [-0.15, -0.1) is 0 Å². The lowest BCUT2D eigenvalue weighted by molar-refractivity contribution is -0.180. The third kappa shape index (κ3) is 5.93. The maximum atomic E-state index is 11.0. The molecule has 156 valence electrons. The van der Waals surface area contributed by atoms with Crippen molar-refractivity contribution in [2.45, 2.75) is 51.7 Å². The molecule has 3 rings (SSSR count). The second-order valence-corrected chi connectivity index (χ2v) is 7.88. The Hall–Kier alpha value is -2.61. The minimum atomic E-state index is -0.638. The summed E-state index contributed by atoms with van der Waals surface area (Å²) in [5.74, 6) is 0.164. The fourth-order valence-electron chi connectivity index (χ4n) is 3.34. The summed E-state index contributed by atoms with van der Waals surface area (Å²) in [4.78, 5) is 11.0. The van der Waals surface area contributed by atoms with E-state index in [4.69, 9.17) is 15.2 Å². The monoisotopic (exact) mass is 399 g/mol. The van der Waals surface area contributed by atoms with Crippen LogP contribution in [0.3, 0.4) is 0 Å². The molecule has 29 heavy (non-hydrogen) atoms. The van der Waals surface area contributed by atoms with Crippen LogP contribution < -0.4 is 21.1 Å². The summed E-state index contributed by atoms with van der Waals surface area (Å²) in [6, 6.07) is 12.8. The van der Waals surface area contributed by atoms with Crippen molar-refractivity contribution in [3.05, 3.63) is 59.2 Å². The van der Waals surface area contributed by atoms with Crippen LogP contribution in [0.25, 0.3) is 0 Å². The average molecular weight is 399 g/mol. The van der Waals surface area contributed by atoms with Crippen molar-refractivity contribution < 1.29 is 19.4 Å². The predicted molar refractivity (Wildman–Crippen MR) is 112 cm³/mol. The van der Waals surface area contributed by atoms with Crippen LogP contribution >= 0.6 is 0 Å². The maximum absolute atomic E-state index is 11.0. The number of nitrogens with two attached hydrogens (primary N) is 1. The molecule has 0 fully saturated rings. The fraction of sp³-hybridized carbons (Fsp3) is 0.409. The van der Waals surface area contributed by atoms with Gasteiger partial charge in [-0.25, -0.2) is 4.79 Å². The van der Waals surface area contributed by atoms with E-state index in [1.165, 1.54) is 0 Å². The van der Waals surface area contributed by atoms with E-state index < -0.39 is 17.9 Å². The number of nitrogens with one attached hydrogen (secondary N) is 2. The lowest BCUT2D eigenvalue weighted by Gasteiger charge is -2.33. The summed E-state index contributed by atoms with van der Waals surface area (Å²) in [6.45, 7) is 6.69. The molecule has 0 aromatic heterocycles. The summed E-state index contributed by atoms with van der Waals surface area (Å²) in [5, 5.41) is 16.5. The van der Waals surface area contributed by atoms with E-state index in [2.05, 4.69) is 17.6 Å². The number of ether oxygens (including phenoxy) is 2. The first-order valence-electron chi connectivity index (χ1n) is 9.74. The molecule has 1 heterocycles. The number of hydrogen-bond acceptors (Lipinski definition) is 5. The Balaban J connectivity index is 1.54. The van der Waals surface area contributed by atoms with Crippen LogP contribution in [0.1, 0.15) is 43.6 Å². The normalized spacial score (nSPS) is 17.0. The highest BCUT2D eigenvalue weighted by Gasteiger charge is 2.27. The number of carbonyl (C=O) groups excluding carboxylic acids is 1. The van der Waals surface area contributed by atoms with Gasteiger partial charge in [0.15, 0.2) is 0 Å². The van der Waals surface area contributed by atoms with Gasteiger partial charge in [0.2, 0.25) is 5.79 Å². The number of primary amides is 1. The second kappa shape index (κ2) is 8.82. The van der Waals surface area contributed by atoms with Gasteiger partial charge in [0.05, 0.1) is 12.7 Å². The second-order valence-electron chi connectivity index (χ2n) is 7.88. The topological polar surface area (TPSA) is 106 Å². The van der Waals surface area contributed by atoms with Crippen molar-refractivity contribution in [2.75, 3.05) is 11.9 Å². The molecule has 2 aromatic rings. The van der Waals surface area contributed by atoms with Gasteiger partial charge in [0.25, 0.3) is 0 Å². The lowest BCUT2D eigenvalue weighted by Crippen LogP contribution is -2.35. The van der Waals surface area contributed by atoms with E-state index in [1.54, 1.807) is 6.07 Å². The zero-order valence-corrected chi connectivity index (χ0v) is 17.1. The highest BCUT2D eigenvalue weighted by atomic mass is 16.7.